The number of benzene rings is 1. The molecule has 0 spiro atoms. The fraction of sp³-hybridized carbons (Fsp3) is 0.227. The number of aromatic nitrogens is 2. The molecule has 2 aromatic heterocycles. The van der Waals surface area contributed by atoms with Gasteiger partial charge in [0, 0.05) is 17.0 Å². The SMILES string of the molecule is COc1ccc(C(c2ccc(C#C[Si](C)(C)C)cc2)c2ccc(C=O)[nH]2)[nH]1. The van der Waals surface area contributed by atoms with Crippen LogP contribution in [-0.2, 0) is 0 Å². The molecule has 138 valence electrons. The van der Waals surface area contributed by atoms with E-state index in [0.717, 1.165) is 28.8 Å². The Morgan fingerprint density at radius 2 is 1.63 bits per heavy atom. The molecule has 4 nitrogen and oxygen atoms in total. The number of hydrogen-bond acceptors (Lipinski definition) is 2. The van der Waals surface area contributed by atoms with Crippen molar-refractivity contribution < 1.29 is 9.53 Å². The standard InChI is InChI=1S/C22H24N2O2Si/c1-26-21-12-11-20(24-21)22(19-10-9-18(15-25)23-19)17-7-5-16(6-8-17)13-14-27(2,3)4/h5-12,15,22-24H,1-4H3. The minimum Gasteiger partial charge on any atom is -0.482 e. The minimum absolute atomic E-state index is 0.0541. The van der Waals surface area contributed by atoms with Crippen molar-refractivity contribution in [3.05, 3.63) is 76.7 Å². The highest BCUT2D eigenvalue weighted by Crippen LogP contribution is 2.32. The van der Waals surface area contributed by atoms with Gasteiger partial charge in [-0.05, 0) is 42.0 Å². The van der Waals surface area contributed by atoms with Gasteiger partial charge in [-0.15, -0.1) is 5.54 Å². The van der Waals surface area contributed by atoms with Crippen LogP contribution in [0.2, 0.25) is 19.6 Å². The molecule has 3 aromatic rings. The first-order valence-corrected chi connectivity index (χ1v) is 12.4. The molecule has 1 atom stereocenters. The molecule has 2 heterocycles. The van der Waals surface area contributed by atoms with Gasteiger partial charge in [0.05, 0.1) is 18.7 Å². The molecule has 3 rings (SSSR count). The molecule has 5 heteroatoms. The van der Waals surface area contributed by atoms with Gasteiger partial charge in [-0.2, -0.15) is 0 Å². The summed E-state index contributed by atoms with van der Waals surface area (Å²) in [5, 5.41) is 0. The average molecular weight is 377 g/mol. The number of ether oxygens (including phenoxy) is 1. The first kappa shape index (κ1) is 18.8. The van der Waals surface area contributed by atoms with E-state index in [0.29, 0.717) is 11.6 Å². The van der Waals surface area contributed by atoms with E-state index in [2.05, 4.69) is 65.3 Å². The van der Waals surface area contributed by atoms with E-state index in [1.807, 2.05) is 18.2 Å². The van der Waals surface area contributed by atoms with Crippen molar-refractivity contribution in [2.45, 2.75) is 25.6 Å². The molecule has 0 saturated heterocycles. The van der Waals surface area contributed by atoms with Crippen molar-refractivity contribution in [1.29, 1.82) is 0 Å². The molecular formula is C22H24N2O2Si. The number of rotatable bonds is 5. The van der Waals surface area contributed by atoms with Gasteiger partial charge in [0.15, 0.2) is 12.2 Å². The molecule has 0 aliphatic carbocycles. The van der Waals surface area contributed by atoms with Gasteiger partial charge >= 0.3 is 0 Å². The van der Waals surface area contributed by atoms with Gasteiger partial charge in [0.2, 0.25) is 0 Å². The summed E-state index contributed by atoms with van der Waals surface area (Å²) in [6, 6.07) is 15.9. The summed E-state index contributed by atoms with van der Waals surface area (Å²) in [4.78, 5) is 17.6. The number of nitrogens with one attached hydrogen (secondary N) is 2. The number of aromatic amines is 2. The molecule has 0 fully saturated rings. The van der Waals surface area contributed by atoms with Gasteiger partial charge in [-0.3, -0.25) is 4.79 Å². The molecule has 0 saturated carbocycles. The fourth-order valence-electron chi connectivity index (χ4n) is 2.89. The quantitative estimate of drug-likeness (QED) is 0.389. The summed E-state index contributed by atoms with van der Waals surface area (Å²) < 4.78 is 5.29. The van der Waals surface area contributed by atoms with E-state index < -0.39 is 8.07 Å². The second kappa shape index (κ2) is 7.73. The van der Waals surface area contributed by atoms with Crippen molar-refractivity contribution in [3.8, 4) is 17.3 Å². The number of H-pyrrole nitrogens is 2. The maximum Gasteiger partial charge on any atom is 0.190 e. The summed E-state index contributed by atoms with van der Waals surface area (Å²) >= 11 is 0. The highest BCUT2D eigenvalue weighted by molar-refractivity contribution is 6.83. The normalized spacial score (nSPS) is 12.1. The highest BCUT2D eigenvalue weighted by atomic mass is 28.3. The maximum absolute atomic E-state index is 11.1. The number of carbonyl (C=O) groups is 1. The molecule has 27 heavy (non-hydrogen) atoms. The lowest BCUT2D eigenvalue weighted by atomic mass is 9.92. The monoisotopic (exact) mass is 376 g/mol. The van der Waals surface area contributed by atoms with Crippen LogP contribution in [-0.4, -0.2) is 31.4 Å². The van der Waals surface area contributed by atoms with E-state index in [4.69, 9.17) is 4.74 Å². The molecule has 2 N–H and O–H groups in total. The molecule has 0 bridgehead atoms. The third kappa shape index (κ3) is 4.60. The third-order valence-electron chi connectivity index (χ3n) is 4.21. The summed E-state index contributed by atoms with van der Waals surface area (Å²) in [7, 11) is 0.233. The Hall–Kier alpha value is -2.97. The molecular weight excluding hydrogens is 352 g/mol. The predicted octanol–water partition coefficient (Wildman–Crippen LogP) is 4.57. The van der Waals surface area contributed by atoms with Crippen LogP contribution >= 0.6 is 0 Å². The first-order chi connectivity index (χ1) is 12.9. The van der Waals surface area contributed by atoms with Gasteiger partial charge < -0.3 is 14.7 Å². The van der Waals surface area contributed by atoms with E-state index in [1.54, 1.807) is 13.2 Å². The Bertz CT molecular complexity index is 982. The van der Waals surface area contributed by atoms with Crippen LogP contribution in [0.5, 0.6) is 5.88 Å². The highest BCUT2D eigenvalue weighted by Gasteiger charge is 2.20. The van der Waals surface area contributed by atoms with Crippen LogP contribution in [0.1, 0.15) is 38.9 Å². The maximum atomic E-state index is 11.1. The van der Waals surface area contributed by atoms with Crippen molar-refractivity contribution in [1.82, 2.24) is 9.97 Å². The minimum atomic E-state index is -1.40. The van der Waals surface area contributed by atoms with Crippen molar-refractivity contribution in [2.75, 3.05) is 7.11 Å². The molecule has 0 aliphatic heterocycles. The topological polar surface area (TPSA) is 57.9 Å². The molecule has 0 aliphatic rings. The Balaban J connectivity index is 1.99. The van der Waals surface area contributed by atoms with Crippen LogP contribution in [0.25, 0.3) is 0 Å². The fourth-order valence-corrected chi connectivity index (χ4v) is 3.41. The largest absolute Gasteiger partial charge is 0.482 e. The molecule has 1 aromatic carbocycles. The summed E-state index contributed by atoms with van der Waals surface area (Å²) in [6.07, 6.45) is 0.824. The van der Waals surface area contributed by atoms with Gasteiger partial charge in [-0.25, -0.2) is 0 Å². The zero-order valence-electron chi connectivity index (χ0n) is 16.1. The van der Waals surface area contributed by atoms with Crippen LogP contribution in [0.4, 0.5) is 0 Å². The molecule has 0 amide bonds. The number of aldehydes is 1. The van der Waals surface area contributed by atoms with Gasteiger partial charge in [0.1, 0.15) is 8.07 Å². The lowest BCUT2D eigenvalue weighted by molar-refractivity contribution is 0.111. The Morgan fingerprint density at radius 3 is 2.19 bits per heavy atom. The number of methoxy groups -OCH3 is 1. The van der Waals surface area contributed by atoms with E-state index >= 15 is 0 Å². The van der Waals surface area contributed by atoms with E-state index in [-0.39, 0.29) is 5.92 Å². The van der Waals surface area contributed by atoms with Crippen molar-refractivity contribution in [2.24, 2.45) is 0 Å². The van der Waals surface area contributed by atoms with Gasteiger partial charge in [-0.1, -0.05) is 37.7 Å². The van der Waals surface area contributed by atoms with Crippen molar-refractivity contribution >= 4 is 14.4 Å². The van der Waals surface area contributed by atoms with E-state index in [9.17, 15) is 4.79 Å². The van der Waals surface area contributed by atoms with Crippen LogP contribution in [0.3, 0.4) is 0 Å². The summed E-state index contributed by atoms with van der Waals surface area (Å²) in [5.74, 6) is 3.94. The lowest BCUT2D eigenvalue weighted by Crippen LogP contribution is -2.16. The van der Waals surface area contributed by atoms with Crippen LogP contribution in [0.15, 0.2) is 48.5 Å². The van der Waals surface area contributed by atoms with E-state index in [1.165, 1.54) is 0 Å². The van der Waals surface area contributed by atoms with Gasteiger partial charge in [0.25, 0.3) is 0 Å². The zero-order chi connectivity index (χ0) is 19.4. The smallest absolute Gasteiger partial charge is 0.190 e. The lowest BCUT2D eigenvalue weighted by Gasteiger charge is -2.15. The third-order valence-corrected chi connectivity index (χ3v) is 5.08. The Kier molecular flexibility index (Phi) is 5.38. The molecule has 1 unspecified atom stereocenters. The van der Waals surface area contributed by atoms with Crippen LogP contribution < -0.4 is 4.74 Å². The summed E-state index contributed by atoms with van der Waals surface area (Å²) in [6.45, 7) is 6.71. The van der Waals surface area contributed by atoms with Crippen molar-refractivity contribution in [3.63, 3.8) is 0 Å². The predicted molar refractivity (Wildman–Crippen MR) is 111 cm³/mol. The second-order valence-corrected chi connectivity index (χ2v) is 12.3. The molecule has 0 radical (unpaired) electrons. The second-order valence-electron chi connectivity index (χ2n) is 7.52. The summed E-state index contributed by atoms with van der Waals surface area (Å²) in [5.41, 5.74) is 8.02. The van der Waals surface area contributed by atoms with Crippen LogP contribution in [0, 0.1) is 11.5 Å². The Labute approximate surface area is 161 Å². The average Bonchev–Trinajstić information content (AvgIpc) is 3.30. The first-order valence-electron chi connectivity index (χ1n) is 8.90. The number of carbonyl (C=O) groups excluding carboxylic acids is 1. The number of hydrogen-bond donors (Lipinski definition) is 2. The zero-order valence-corrected chi connectivity index (χ0v) is 17.1. The Morgan fingerprint density at radius 1 is 0.963 bits per heavy atom.